The third-order valence-corrected chi connectivity index (χ3v) is 7.63. The molecule has 0 amide bonds. The van der Waals surface area contributed by atoms with Gasteiger partial charge in [-0.05, 0) is 25.1 Å². The van der Waals surface area contributed by atoms with Gasteiger partial charge in [-0.25, -0.2) is 21.6 Å². The fourth-order valence-electron chi connectivity index (χ4n) is 1.67. The van der Waals surface area contributed by atoms with Gasteiger partial charge in [0.05, 0.1) is 12.2 Å². The number of hydrogen-bond acceptors (Lipinski definition) is 6. The van der Waals surface area contributed by atoms with Gasteiger partial charge in [0.25, 0.3) is 19.1 Å². The Hall–Kier alpha value is -0.940. The van der Waals surface area contributed by atoms with Crippen molar-refractivity contribution in [3.63, 3.8) is 0 Å². The number of halogens is 1. The minimum Gasteiger partial charge on any atom is -0.256 e. The van der Waals surface area contributed by atoms with Crippen LogP contribution in [0.5, 0.6) is 0 Å². The monoisotopic (exact) mass is 369 g/mol. The molecule has 0 radical (unpaired) electrons. The molecule has 0 aliphatic rings. The van der Waals surface area contributed by atoms with Gasteiger partial charge in [-0.15, -0.1) is 11.3 Å². The van der Waals surface area contributed by atoms with Crippen molar-refractivity contribution in [3.8, 4) is 0 Å². The maximum absolute atomic E-state index is 12.2. The Bertz CT molecular complexity index is 854. The fraction of sp³-hybridized carbons (Fsp3) is 0.300. The zero-order valence-electron chi connectivity index (χ0n) is 11.0. The van der Waals surface area contributed by atoms with E-state index in [0.717, 1.165) is 11.3 Å². The Morgan fingerprint density at radius 3 is 2.43 bits per heavy atom. The Morgan fingerprint density at radius 2 is 1.95 bits per heavy atom. The van der Waals surface area contributed by atoms with Crippen LogP contribution in [0.4, 0.5) is 0 Å². The maximum atomic E-state index is 12.2. The van der Waals surface area contributed by atoms with Crippen molar-refractivity contribution in [1.29, 1.82) is 0 Å². The first-order valence-corrected chi connectivity index (χ1v) is 10.3. The summed E-state index contributed by atoms with van der Waals surface area (Å²) < 4.78 is 50.5. The van der Waals surface area contributed by atoms with E-state index in [1.807, 2.05) is 0 Å². The number of hydrogen-bond donors (Lipinski definition) is 1. The summed E-state index contributed by atoms with van der Waals surface area (Å²) in [5, 5.41) is 3.83. The summed E-state index contributed by atoms with van der Waals surface area (Å²) in [6, 6.07) is 3.65. The second kappa shape index (κ2) is 5.69. The molecule has 0 aliphatic carbocycles. The number of sulfonamides is 1. The van der Waals surface area contributed by atoms with E-state index in [1.54, 1.807) is 6.92 Å². The highest BCUT2D eigenvalue weighted by Gasteiger charge is 2.23. The molecule has 0 aromatic carbocycles. The van der Waals surface area contributed by atoms with Crippen LogP contribution in [0.2, 0.25) is 0 Å². The van der Waals surface area contributed by atoms with Crippen LogP contribution >= 0.6 is 22.0 Å². The molecule has 1 atom stereocenters. The Balaban J connectivity index is 2.24. The van der Waals surface area contributed by atoms with Crippen molar-refractivity contribution in [1.82, 2.24) is 14.5 Å². The molecule has 1 unspecified atom stereocenters. The zero-order chi connectivity index (χ0) is 15.8. The molecular formula is C10H12ClN3O4S3. The molecule has 0 saturated heterocycles. The molecule has 7 nitrogen and oxygen atoms in total. The van der Waals surface area contributed by atoms with E-state index in [-0.39, 0.29) is 9.24 Å². The molecule has 0 bridgehead atoms. The minimum atomic E-state index is -3.81. The van der Waals surface area contributed by atoms with Crippen molar-refractivity contribution >= 4 is 41.1 Å². The van der Waals surface area contributed by atoms with Crippen LogP contribution in [0.1, 0.15) is 17.8 Å². The van der Waals surface area contributed by atoms with E-state index in [4.69, 9.17) is 10.7 Å². The third-order valence-electron chi connectivity index (χ3n) is 2.65. The van der Waals surface area contributed by atoms with Crippen molar-refractivity contribution in [2.75, 3.05) is 0 Å². The van der Waals surface area contributed by atoms with Crippen LogP contribution in [-0.4, -0.2) is 26.6 Å². The number of nitrogens with one attached hydrogen (secondary N) is 1. The second-order valence-corrected chi connectivity index (χ2v) is 9.80. The highest BCUT2D eigenvalue weighted by molar-refractivity contribution is 8.15. The van der Waals surface area contributed by atoms with Gasteiger partial charge in [0.1, 0.15) is 4.21 Å². The number of aryl methyl sites for hydroxylation is 1. The standard InChI is InChI=1S/C10H12ClN3O4S3/c1-7(8-3-4-10(19-8)20(11,15)16)13-21(17,18)9-5-6-12-14(9)2/h3-7,13H,1-2H3. The van der Waals surface area contributed by atoms with Crippen molar-refractivity contribution in [2.24, 2.45) is 7.05 Å². The Labute approximate surface area is 131 Å². The summed E-state index contributed by atoms with van der Waals surface area (Å²) in [5.74, 6) is 0. The Kier molecular flexibility index (Phi) is 4.45. The van der Waals surface area contributed by atoms with E-state index in [2.05, 4.69) is 9.82 Å². The van der Waals surface area contributed by atoms with E-state index in [0.29, 0.717) is 4.88 Å². The predicted molar refractivity (Wildman–Crippen MR) is 79.3 cm³/mol. The van der Waals surface area contributed by atoms with Crippen LogP contribution < -0.4 is 4.72 Å². The first-order chi connectivity index (χ1) is 9.61. The molecule has 0 fully saturated rings. The fourth-order valence-corrected chi connectivity index (χ4v) is 5.19. The van der Waals surface area contributed by atoms with Gasteiger partial charge in [0.2, 0.25) is 0 Å². The van der Waals surface area contributed by atoms with E-state index in [1.165, 1.54) is 36.1 Å². The lowest BCUT2D eigenvalue weighted by Gasteiger charge is -2.12. The van der Waals surface area contributed by atoms with Crippen LogP contribution in [0.25, 0.3) is 0 Å². The van der Waals surface area contributed by atoms with Crippen molar-refractivity contribution < 1.29 is 16.8 Å². The molecule has 21 heavy (non-hydrogen) atoms. The van der Waals surface area contributed by atoms with Crippen LogP contribution in [0.3, 0.4) is 0 Å². The van der Waals surface area contributed by atoms with Crippen molar-refractivity contribution in [3.05, 3.63) is 29.3 Å². The lowest BCUT2D eigenvalue weighted by molar-refractivity contribution is 0.551. The van der Waals surface area contributed by atoms with Gasteiger partial charge in [-0.1, -0.05) is 0 Å². The van der Waals surface area contributed by atoms with Gasteiger partial charge in [0.15, 0.2) is 5.03 Å². The van der Waals surface area contributed by atoms with Gasteiger partial charge in [0, 0.05) is 22.6 Å². The molecule has 0 spiro atoms. The van der Waals surface area contributed by atoms with Crippen LogP contribution in [0.15, 0.2) is 33.6 Å². The minimum absolute atomic E-state index is 0.0225. The van der Waals surface area contributed by atoms with Crippen molar-refractivity contribution in [2.45, 2.75) is 22.2 Å². The maximum Gasteiger partial charge on any atom is 0.270 e. The molecule has 2 rings (SSSR count). The molecule has 116 valence electrons. The quantitative estimate of drug-likeness (QED) is 0.804. The molecule has 2 aromatic heterocycles. The summed E-state index contributed by atoms with van der Waals surface area (Å²) in [6.07, 6.45) is 1.38. The molecule has 2 aromatic rings. The van der Waals surface area contributed by atoms with E-state index in [9.17, 15) is 16.8 Å². The number of thiophene rings is 1. The average Bonchev–Trinajstić information content (AvgIpc) is 2.95. The lowest BCUT2D eigenvalue weighted by atomic mass is 10.3. The SMILES string of the molecule is CC(NS(=O)(=O)c1ccnn1C)c1ccc(S(=O)(=O)Cl)s1. The summed E-state index contributed by atoms with van der Waals surface area (Å²) in [6.45, 7) is 1.62. The summed E-state index contributed by atoms with van der Waals surface area (Å²) in [4.78, 5) is 0.542. The molecule has 1 N–H and O–H groups in total. The highest BCUT2D eigenvalue weighted by atomic mass is 35.7. The molecule has 11 heteroatoms. The Morgan fingerprint density at radius 1 is 1.29 bits per heavy atom. The first kappa shape index (κ1) is 16.4. The summed E-state index contributed by atoms with van der Waals surface area (Å²) in [5.41, 5.74) is 0. The normalized spacial score (nSPS) is 14.2. The molecule has 2 heterocycles. The summed E-state index contributed by atoms with van der Waals surface area (Å²) >= 11 is 0.921. The average molecular weight is 370 g/mol. The van der Waals surface area contributed by atoms with Crippen LogP contribution in [-0.2, 0) is 26.1 Å². The molecular weight excluding hydrogens is 358 g/mol. The lowest BCUT2D eigenvalue weighted by Crippen LogP contribution is -2.28. The van der Waals surface area contributed by atoms with Crippen LogP contribution in [0, 0.1) is 0 Å². The van der Waals surface area contributed by atoms with Gasteiger partial charge < -0.3 is 0 Å². The second-order valence-electron chi connectivity index (χ2n) is 4.23. The molecule has 0 saturated carbocycles. The number of aromatic nitrogens is 2. The van der Waals surface area contributed by atoms with Gasteiger partial charge in [-0.2, -0.15) is 5.10 Å². The predicted octanol–water partition coefficient (Wildman–Crippen LogP) is 1.45. The highest BCUT2D eigenvalue weighted by Crippen LogP contribution is 2.29. The van der Waals surface area contributed by atoms with E-state index >= 15 is 0 Å². The number of nitrogens with zero attached hydrogens (tertiary/aromatic N) is 2. The third kappa shape index (κ3) is 3.64. The largest absolute Gasteiger partial charge is 0.270 e. The van der Waals surface area contributed by atoms with E-state index < -0.39 is 25.1 Å². The van der Waals surface area contributed by atoms with Gasteiger partial charge >= 0.3 is 0 Å². The smallest absolute Gasteiger partial charge is 0.256 e. The molecule has 0 aliphatic heterocycles. The number of rotatable bonds is 5. The zero-order valence-corrected chi connectivity index (χ0v) is 14.2. The first-order valence-electron chi connectivity index (χ1n) is 5.66. The van der Waals surface area contributed by atoms with Gasteiger partial charge in [-0.3, -0.25) is 4.68 Å². The summed E-state index contributed by atoms with van der Waals surface area (Å²) in [7, 11) is -0.796. The topological polar surface area (TPSA) is 98.1 Å².